The van der Waals surface area contributed by atoms with Crippen molar-refractivity contribution in [2.75, 3.05) is 11.9 Å². The van der Waals surface area contributed by atoms with Crippen LogP contribution >= 0.6 is 24.0 Å². The summed E-state index contributed by atoms with van der Waals surface area (Å²) in [5.74, 6) is -0.896. The van der Waals surface area contributed by atoms with Crippen molar-refractivity contribution in [1.29, 1.82) is 0 Å². The first-order valence-electron chi connectivity index (χ1n) is 9.14. The fraction of sp³-hybridized carbons (Fsp3) is 0.227. The Morgan fingerprint density at radius 3 is 2.52 bits per heavy atom. The van der Waals surface area contributed by atoms with E-state index in [1.807, 2.05) is 32.9 Å². The van der Waals surface area contributed by atoms with Gasteiger partial charge in [-0.05, 0) is 44.0 Å². The first-order chi connectivity index (χ1) is 13.8. The number of benzene rings is 2. The van der Waals surface area contributed by atoms with Crippen molar-refractivity contribution in [3.05, 3.63) is 69.4 Å². The monoisotopic (exact) mass is 428 g/mol. The zero-order chi connectivity index (χ0) is 21.1. The summed E-state index contributed by atoms with van der Waals surface area (Å²) in [6.45, 7) is 6.08. The van der Waals surface area contributed by atoms with Gasteiger partial charge in [0.25, 0.3) is 5.91 Å². The number of amides is 2. The third kappa shape index (κ3) is 4.92. The van der Waals surface area contributed by atoms with E-state index in [1.165, 1.54) is 17.0 Å². The number of hydrogen-bond acceptors (Lipinski definition) is 4. The van der Waals surface area contributed by atoms with Crippen LogP contribution in [0.1, 0.15) is 28.7 Å². The lowest BCUT2D eigenvalue weighted by molar-refractivity contribution is -0.122. The molecule has 29 heavy (non-hydrogen) atoms. The van der Waals surface area contributed by atoms with Crippen molar-refractivity contribution in [3.8, 4) is 0 Å². The van der Waals surface area contributed by atoms with E-state index in [-0.39, 0.29) is 24.8 Å². The van der Waals surface area contributed by atoms with Gasteiger partial charge in [0.15, 0.2) is 0 Å². The summed E-state index contributed by atoms with van der Waals surface area (Å²) in [5, 5.41) is 2.93. The summed E-state index contributed by atoms with van der Waals surface area (Å²) in [6.07, 6.45) is 1.61. The molecule has 1 N–H and O–H groups in total. The number of thiocarbonyl (C=S) groups is 1. The maximum Gasteiger partial charge on any atom is 0.266 e. The highest BCUT2D eigenvalue weighted by Gasteiger charge is 2.32. The Labute approximate surface area is 179 Å². The minimum absolute atomic E-state index is 0.117. The van der Waals surface area contributed by atoms with Gasteiger partial charge in [0, 0.05) is 24.2 Å². The van der Waals surface area contributed by atoms with Gasteiger partial charge in [-0.15, -0.1) is 0 Å². The van der Waals surface area contributed by atoms with Gasteiger partial charge in [-0.3, -0.25) is 14.5 Å². The van der Waals surface area contributed by atoms with Gasteiger partial charge in [0.2, 0.25) is 5.91 Å². The molecule has 1 aliphatic heterocycles. The summed E-state index contributed by atoms with van der Waals surface area (Å²) in [5.41, 5.74) is 4.25. The topological polar surface area (TPSA) is 49.4 Å². The lowest BCUT2D eigenvalue weighted by Gasteiger charge is -2.16. The molecular formula is C22H21FN2O2S2. The molecule has 0 saturated carbocycles. The van der Waals surface area contributed by atoms with Gasteiger partial charge < -0.3 is 5.32 Å². The number of nitrogens with one attached hydrogen (secondary N) is 1. The molecule has 1 heterocycles. The second-order valence-electron chi connectivity index (χ2n) is 6.93. The predicted molar refractivity (Wildman–Crippen MR) is 120 cm³/mol. The Morgan fingerprint density at radius 2 is 1.86 bits per heavy atom. The van der Waals surface area contributed by atoms with E-state index in [1.54, 1.807) is 18.2 Å². The third-order valence-corrected chi connectivity index (χ3v) is 5.95. The zero-order valence-electron chi connectivity index (χ0n) is 16.4. The van der Waals surface area contributed by atoms with E-state index >= 15 is 0 Å². The first kappa shape index (κ1) is 21.2. The number of anilines is 1. The molecule has 2 aromatic rings. The van der Waals surface area contributed by atoms with Crippen LogP contribution in [0.15, 0.2) is 41.3 Å². The van der Waals surface area contributed by atoms with Crippen molar-refractivity contribution in [3.63, 3.8) is 0 Å². The van der Waals surface area contributed by atoms with Gasteiger partial charge in [-0.25, -0.2) is 4.39 Å². The minimum atomic E-state index is -0.402. The van der Waals surface area contributed by atoms with Gasteiger partial charge in [0.1, 0.15) is 10.1 Å². The molecule has 0 radical (unpaired) electrons. The quantitative estimate of drug-likeness (QED) is 0.539. The summed E-state index contributed by atoms with van der Waals surface area (Å²) in [7, 11) is 0. The SMILES string of the molecule is Cc1cc(C)c(NC(=O)CCN2C(=O)C(=Cc3ccccc3F)SC2=S)c(C)c1. The van der Waals surface area contributed by atoms with Crippen LogP contribution in [-0.2, 0) is 9.59 Å². The van der Waals surface area contributed by atoms with E-state index in [0.29, 0.717) is 14.8 Å². The molecule has 0 unspecified atom stereocenters. The maximum absolute atomic E-state index is 13.9. The average molecular weight is 429 g/mol. The molecule has 2 aromatic carbocycles. The van der Waals surface area contributed by atoms with Gasteiger partial charge in [-0.2, -0.15) is 0 Å². The van der Waals surface area contributed by atoms with E-state index in [4.69, 9.17) is 12.2 Å². The number of halogens is 1. The largest absolute Gasteiger partial charge is 0.326 e. The highest BCUT2D eigenvalue weighted by molar-refractivity contribution is 8.26. The fourth-order valence-electron chi connectivity index (χ4n) is 3.22. The molecule has 0 aromatic heterocycles. The van der Waals surface area contributed by atoms with Gasteiger partial charge in [0.05, 0.1) is 4.91 Å². The number of carbonyl (C=O) groups is 2. The van der Waals surface area contributed by atoms with Crippen molar-refractivity contribution < 1.29 is 14.0 Å². The molecule has 0 aliphatic carbocycles. The van der Waals surface area contributed by atoms with Crippen LogP contribution in [0.2, 0.25) is 0 Å². The molecule has 1 aliphatic rings. The first-order valence-corrected chi connectivity index (χ1v) is 10.4. The molecule has 4 nitrogen and oxygen atoms in total. The van der Waals surface area contributed by atoms with Crippen molar-refractivity contribution in [2.45, 2.75) is 27.2 Å². The van der Waals surface area contributed by atoms with E-state index < -0.39 is 5.82 Å². The Kier molecular flexibility index (Phi) is 6.49. The van der Waals surface area contributed by atoms with Crippen LogP contribution in [0, 0.1) is 26.6 Å². The van der Waals surface area contributed by atoms with Crippen LogP contribution in [0.3, 0.4) is 0 Å². The highest BCUT2D eigenvalue weighted by atomic mass is 32.2. The average Bonchev–Trinajstić information content (AvgIpc) is 2.91. The number of rotatable bonds is 5. The minimum Gasteiger partial charge on any atom is -0.326 e. The molecule has 0 bridgehead atoms. The molecule has 1 fully saturated rings. The number of hydrogen-bond donors (Lipinski definition) is 1. The number of carbonyl (C=O) groups excluding carboxylic acids is 2. The summed E-state index contributed by atoms with van der Waals surface area (Å²) >= 11 is 6.40. The second kappa shape index (κ2) is 8.88. The molecule has 0 spiro atoms. The van der Waals surface area contributed by atoms with Crippen molar-refractivity contribution >= 4 is 51.9 Å². The molecule has 7 heteroatoms. The smallest absolute Gasteiger partial charge is 0.266 e. The predicted octanol–water partition coefficient (Wildman–Crippen LogP) is 4.98. The van der Waals surface area contributed by atoms with Crippen molar-refractivity contribution in [1.82, 2.24) is 4.90 Å². The summed E-state index contributed by atoms with van der Waals surface area (Å²) < 4.78 is 14.2. The summed E-state index contributed by atoms with van der Waals surface area (Å²) in [6, 6.07) is 10.3. The Bertz CT molecular complexity index is 1010. The number of aryl methyl sites for hydroxylation is 3. The highest BCUT2D eigenvalue weighted by Crippen LogP contribution is 2.33. The van der Waals surface area contributed by atoms with Crippen LogP contribution in [0.4, 0.5) is 10.1 Å². The van der Waals surface area contributed by atoms with Crippen LogP contribution in [0.5, 0.6) is 0 Å². The van der Waals surface area contributed by atoms with Crippen molar-refractivity contribution in [2.24, 2.45) is 0 Å². The fourth-order valence-corrected chi connectivity index (χ4v) is 4.52. The number of nitrogens with zero attached hydrogens (tertiary/aromatic N) is 1. The maximum atomic E-state index is 13.9. The zero-order valence-corrected chi connectivity index (χ0v) is 18.0. The van der Waals surface area contributed by atoms with Crippen LogP contribution in [0.25, 0.3) is 6.08 Å². The standard InChI is InChI=1S/C22H21FN2O2S2/c1-13-10-14(2)20(15(3)11-13)24-19(26)8-9-25-21(27)18(29-22(25)28)12-16-6-4-5-7-17(16)23/h4-7,10-12H,8-9H2,1-3H3,(H,24,26). The van der Waals surface area contributed by atoms with Crippen LogP contribution in [-0.4, -0.2) is 27.6 Å². The van der Waals surface area contributed by atoms with E-state index in [9.17, 15) is 14.0 Å². The van der Waals surface area contributed by atoms with Crippen LogP contribution < -0.4 is 5.32 Å². The second-order valence-corrected chi connectivity index (χ2v) is 8.60. The van der Waals surface area contributed by atoms with Gasteiger partial charge in [-0.1, -0.05) is 59.9 Å². The Hall–Kier alpha value is -2.51. The Balaban J connectivity index is 1.65. The molecule has 150 valence electrons. The lowest BCUT2D eigenvalue weighted by atomic mass is 10.1. The van der Waals surface area contributed by atoms with E-state index in [2.05, 4.69) is 5.32 Å². The summed E-state index contributed by atoms with van der Waals surface area (Å²) in [4.78, 5) is 26.8. The molecule has 3 rings (SSSR count). The normalized spacial score (nSPS) is 15.3. The lowest BCUT2D eigenvalue weighted by Crippen LogP contribution is -2.31. The molecule has 0 atom stereocenters. The molecule has 2 amide bonds. The Morgan fingerprint density at radius 1 is 1.21 bits per heavy atom. The van der Waals surface area contributed by atoms with E-state index in [0.717, 1.165) is 34.1 Å². The molecule has 1 saturated heterocycles. The third-order valence-electron chi connectivity index (χ3n) is 4.57. The number of thioether (sulfide) groups is 1. The molecular weight excluding hydrogens is 407 g/mol. The van der Waals surface area contributed by atoms with Gasteiger partial charge >= 0.3 is 0 Å².